The van der Waals surface area contributed by atoms with Gasteiger partial charge in [-0.05, 0) is 42.8 Å². The first-order valence-corrected chi connectivity index (χ1v) is 7.73. The zero-order valence-corrected chi connectivity index (χ0v) is 14.2. The summed E-state index contributed by atoms with van der Waals surface area (Å²) in [4.78, 5) is 0.286. The summed E-state index contributed by atoms with van der Waals surface area (Å²) >= 11 is 23.2. The van der Waals surface area contributed by atoms with Crippen LogP contribution in [0, 0.1) is 0 Å². The van der Waals surface area contributed by atoms with Crippen molar-refractivity contribution in [1.29, 1.82) is 0 Å². The van der Waals surface area contributed by atoms with E-state index in [-0.39, 0.29) is 11.0 Å². The van der Waals surface area contributed by atoms with Gasteiger partial charge < -0.3 is 11.1 Å². The molecule has 2 nitrogen and oxygen atoms in total. The van der Waals surface area contributed by atoms with Gasteiger partial charge in [-0.15, -0.1) is 0 Å². The van der Waals surface area contributed by atoms with E-state index in [1.165, 1.54) is 0 Å². The first kappa shape index (κ1) is 16.4. The molecule has 0 aliphatic carbocycles. The van der Waals surface area contributed by atoms with E-state index in [1.807, 2.05) is 19.1 Å². The number of hydrogen-bond acceptors (Lipinski definition) is 2. The normalized spacial score (nSPS) is 12.0. The van der Waals surface area contributed by atoms with Crippen LogP contribution < -0.4 is 11.1 Å². The van der Waals surface area contributed by atoms with Gasteiger partial charge in [0, 0.05) is 26.3 Å². The van der Waals surface area contributed by atoms with E-state index >= 15 is 0 Å². The number of anilines is 1. The van der Waals surface area contributed by atoms with Crippen molar-refractivity contribution in [2.45, 2.75) is 13.0 Å². The molecule has 0 heterocycles. The number of nitrogens with one attached hydrogen (secondary N) is 1. The molecule has 0 saturated carbocycles. The summed E-state index contributed by atoms with van der Waals surface area (Å²) in [5.74, 6) is 0. The molecule has 0 spiro atoms. The van der Waals surface area contributed by atoms with Crippen LogP contribution in [0.1, 0.15) is 24.1 Å². The average molecular weight is 360 g/mol. The van der Waals surface area contributed by atoms with Crippen LogP contribution in [0.15, 0.2) is 36.4 Å². The second-order valence-corrected chi connectivity index (χ2v) is 6.31. The van der Waals surface area contributed by atoms with Crippen molar-refractivity contribution < 1.29 is 0 Å². The number of rotatable bonds is 4. The van der Waals surface area contributed by atoms with Crippen molar-refractivity contribution in [2.24, 2.45) is 5.73 Å². The molecule has 21 heavy (non-hydrogen) atoms. The van der Waals surface area contributed by atoms with E-state index in [0.29, 0.717) is 20.6 Å². The summed E-state index contributed by atoms with van der Waals surface area (Å²) in [6.07, 6.45) is 0. The predicted octanol–water partition coefficient (Wildman–Crippen LogP) is 5.45. The summed E-state index contributed by atoms with van der Waals surface area (Å²) in [6.45, 7) is 1.99. The maximum atomic E-state index is 6.22. The summed E-state index contributed by atoms with van der Waals surface area (Å²) in [7, 11) is 0. The smallest absolute Gasteiger partial charge is 0.106 e. The molecular weight excluding hydrogens is 347 g/mol. The molecule has 0 amide bonds. The van der Waals surface area contributed by atoms with Crippen molar-refractivity contribution in [3.8, 4) is 0 Å². The Hall–Kier alpha value is -1.000. The number of halogens is 3. The highest BCUT2D eigenvalue weighted by Gasteiger charge is 2.13. The molecule has 2 rings (SSSR count). The topological polar surface area (TPSA) is 38.0 Å². The highest BCUT2D eigenvalue weighted by Crippen LogP contribution is 2.30. The van der Waals surface area contributed by atoms with E-state index in [2.05, 4.69) is 5.32 Å². The molecule has 0 radical (unpaired) electrons. The maximum Gasteiger partial charge on any atom is 0.106 e. The predicted molar refractivity (Wildman–Crippen MR) is 95.8 cm³/mol. The molecule has 3 N–H and O–H groups in total. The quantitative estimate of drug-likeness (QED) is 0.712. The molecule has 0 fully saturated rings. The van der Waals surface area contributed by atoms with Crippen LogP contribution in [0.25, 0.3) is 0 Å². The zero-order chi connectivity index (χ0) is 15.6. The Bertz CT molecular complexity index is 689. The van der Waals surface area contributed by atoms with Gasteiger partial charge in [-0.3, -0.25) is 0 Å². The molecule has 2 aromatic carbocycles. The number of hydrogen-bond donors (Lipinski definition) is 2. The Kier molecular flexibility index (Phi) is 5.33. The van der Waals surface area contributed by atoms with Crippen LogP contribution in [0.2, 0.25) is 15.1 Å². The van der Waals surface area contributed by atoms with E-state index in [9.17, 15) is 0 Å². The molecule has 0 aliphatic rings. The van der Waals surface area contributed by atoms with E-state index in [1.54, 1.807) is 24.3 Å². The third kappa shape index (κ3) is 4.01. The summed E-state index contributed by atoms with van der Waals surface area (Å²) in [5, 5.41) is 5.13. The van der Waals surface area contributed by atoms with Gasteiger partial charge in [0.1, 0.15) is 4.99 Å². The standard InChI is InChI=1S/C15H13Cl3N2S/c1-8(11-4-2-10(17)7-13(11)18)20-14-5-3-9(16)6-12(14)15(19)21/h2-8,20H,1H3,(H2,19,21). The van der Waals surface area contributed by atoms with Gasteiger partial charge in [0.15, 0.2) is 0 Å². The third-order valence-electron chi connectivity index (χ3n) is 3.05. The lowest BCUT2D eigenvalue weighted by Gasteiger charge is -2.19. The minimum atomic E-state index is -0.0379. The Morgan fingerprint density at radius 2 is 1.71 bits per heavy atom. The molecule has 2 aromatic rings. The molecule has 0 aromatic heterocycles. The Balaban J connectivity index is 2.31. The van der Waals surface area contributed by atoms with Gasteiger partial charge in [0.05, 0.1) is 6.04 Å². The molecular formula is C15H13Cl3N2S. The first-order valence-electron chi connectivity index (χ1n) is 6.19. The zero-order valence-electron chi connectivity index (χ0n) is 11.2. The van der Waals surface area contributed by atoms with Crippen LogP contribution in [0.4, 0.5) is 5.69 Å². The fraction of sp³-hybridized carbons (Fsp3) is 0.133. The van der Waals surface area contributed by atoms with Crippen LogP contribution in [0.5, 0.6) is 0 Å². The van der Waals surface area contributed by atoms with Crippen molar-refractivity contribution in [3.05, 3.63) is 62.6 Å². The molecule has 0 bridgehead atoms. The van der Waals surface area contributed by atoms with Gasteiger partial charge in [0.2, 0.25) is 0 Å². The molecule has 0 saturated heterocycles. The fourth-order valence-corrected chi connectivity index (χ4v) is 2.92. The Morgan fingerprint density at radius 1 is 1.10 bits per heavy atom. The van der Waals surface area contributed by atoms with Gasteiger partial charge in [-0.1, -0.05) is 53.1 Å². The highest BCUT2D eigenvalue weighted by atomic mass is 35.5. The lowest BCUT2D eigenvalue weighted by atomic mass is 10.1. The summed E-state index contributed by atoms with van der Waals surface area (Å²) < 4.78 is 0. The first-order chi connectivity index (χ1) is 9.88. The van der Waals surface area contributed by atoms with Crippen molar-refractivity contribution in [1.82, 2.24) is 0 Å². The SMILES string of the molecule is CC(Nc1ccc(Cl)cc1C(N)=S)c1ccc(Cl)cc1Cl. The largest absolute Gasteiger partial charge is 0.389 e. The second-order valence-electron chi connectivity index (χ2n) is 4.59. The van der Waals surface area contributed by atoms with E-state index in [0.717, 1.165) is 11.3 Å². The molecule has 1 atom stereocenters. The number of thiocarbonyl (C=S) groups is 1. The summed E-state index contributed by atoms with van der Waals surface area (Å²) in [5.41, 5.74) is 8.19. The second kappa shape index (κ2) is 6.84. The monoisotopic (exact) mass is 358 g/mol. The van der Waals surface area contributed by atoms with Gasteiger partial charge in [0.25, 0.3) is 0 Å². The van der Waals surface area contributed by atoms with Crippen LogP contribution in [-0.2, 0) is 0 Å². The minimum Gasteiger partial charge on any atom is -0.389 e. The minimum absolute atomic E-state index is 0.0379. The molecule has 1 unspecified atom stereocenters. The van der Waals surface area contributed by atoms with Gasteiger partial charge >= 0.3 is 0 Å². The maximum absolute atomic E-state index is 6.22. The van der Waals surface area contributed by atoms with Gasteiger partial charge in [-0.2, -0.15) is 0 Å². The Morgan fingerprint density at radius 3 is 2.33 bits per heavy atom. The average Bonchev–Trinajstić information content (AvgIpc) is 2.40. The number of benzene rings is 2. The van der Waals surface area contributed by atoms with Crippen molar-refractivity contribution in [3.63, 3.8) is 0 Å². The summed E-state index contributed by atoms with van der Waals surface area (Å²) in [6, 6.07) is 10.7. The number of nitrogens with two attached hydrogens (primary N) is 1. The highest BCUT2D eigenvalue weighted by molar-refractivity contribution is 7.80. The molecule has 0 aliphatic heterocycles. The molecule has 6 heteroatoms. The van der Waals surface area contributed by atoms with Crippen molar-refractivity contribution in [2.75, 3.05) is 5.32 Å². The van der Waals surface area contributed by atoms with Crippen LogP contribution in [0.3, 0.4) is 0 Å². The van der Waals surface area contributed by atoms with Gasteiger partial charge in [-0.25, -0.2) is 0 Å². The van der Waals surface area contributed by atoms with E-state index in [4.69, 9.17) is 52.8 Å². The lowest BCUT2D eigenvalue weighted by molar-refractivity contribution is 0.884. The third-order valence-corrected chi connectivity index (χ3v) is 4.07. The van der Waals surface area contributed by atoms with Crippen LogP contribution >= 0.6 is 47.0 Å². The van der Waals surface area contributed by atoms with Crippen LogP contribution in [-0.4, -0.2) is 4.99 Å². The Labute approximate surface area is 144 Å². The lowest BCUT2D eigenvalue weighted by Crippen LogP contribution is -2.15. The van der Waals surface area contributed by atoms with Crippen molar-refractivity contribution >= 4 is 57.7 Å². The fourth-order valence-electron chi connectivity index (χ4n) is 2.01. The van der Waals surface area contributed by atoms with E-state index < -0.39 is 0 Å². The molecule has 110 valence electrons.